The molecule has 0 spiro atoms. The lowest BCUT2D eigenvalue weighted by Crippen LogP contribution is -2.49. The Morgan fingerprint density at radius 3 is 3.00 bits per heavy atom. The molecule has 1 unspecified atom stereocenters. The Hall–Kier alpha value is -2.81. The molecule has 24 heavy (non-hydrogen) atoms. The number of halogens is 1. The number of carbonyl (C=O) groups excluding carboxylic acids is 1. The molecule has 2 aromatic rings. The molecule has 1 aliphatic heterocycles. The van der Waals surface area contributed by atoms with Gasteiger partial charge in [0, 0.05) is 19.6 Å². The summed E-state index contributed by atoms with van der Waals surface area (Å²) in [5.41, 5.74) is 0.710. The predicted octanol–water partition coefficient (Wildman–Crippen LogP) is 1.10. The van der Waals surface area contributed by atoms with Gasteiger partial charge in [-0.3, -0.25) is 4.79 Å². The highest BCUT2D eigenvalue weighted by atomic mass is 19.1. The van der Waals surface area contributed by atoms with E-state index < -0.39 is 4.92 Å². The fraction of sp³-hybridized carbons (Fsp3) is 0.333. The number of hydrogen-bond donors (Lipinski definition) is 1. The molecular weight excluding hydrogens is 317 g/mol. The van der Waals surface area contributed by atoms with Crippen LogP contribution >= 0.6 is 0 Å². The van der Waals surface area contributed by atoms with Gasteiger partial charge in [-0.15, -0.1) is 0 Å². The summed E-state index contributed by atoms with van der Waals surface area (Å²) in [6.45, 7) is 1.54. The van der Waals surface area contributed by atoms with E-state index in [4.69, 9.17) is 0 Å². The van der Waals surface area contributed by atoms with Gasteiger partial charge in [-0.25, -0.2) is 4.39 Å². The zero-order valence-electron chi connectivity index (χ0n) is 12.8. The van der Waals surface area contributed by atoms with Crippen molar-refractivity contribution in [2.45, 2.75) is 12.6 Å². The van der Waals surface area contributed by atoms with Crippen LogP contribution in [0.1, 0.15) is 11.6 Å². The third-order valence-electron chi connectivity index (χ3n) is 3.91. The molecule has 2 heterocycles. The minimum absolute atomic E-state index is 0.0976. The van der Waals surface area contributed by atoms with Gasteiger partial charge >= 0.3 is 5.82 Å². The smallest absolute Gasteiger partial charge is 0.358 e. The first-order valence-corrected chi connectivity index (χ1v) is 7.48. The Labute approximate surface area is 137 Å². The van der Waals surface area contributed by atoms with E-state index in [9.17, 15) is 19.3 Å². The summed E-state index contributed by atoms with van der Waals surface area (Å²) >= 11 is 0. The highest BCUT2D eigenvalue weighted by Crippen LogP contribution is 2.23. The number of amides is 1. The maximum absolute atomic E-state index is 13.5. The molecule has 0 radical (unpaired) electrons. The van der Waals surface area contributed by atoms with Crippen LogP contribution in [0.5, 0.6) is 0 Å². The molecule has 0 bridgehead atoms. The molecule has 1 amide bonds. The van der Waals surface area contributed by atoms with Crippen LogP contribution in [0.15, 0.2) is 36.5 Å². The van der Waals surface area contributed by atoms with Crippen molar-refractivity contribution in [1.82, 2.24) is 20.0 Å². The van der Waals surface area contributed by atoms with Gasteiger partial charge in [0.2, 0.25) is 5.91 Å². The number of nitrogens with one attached hydrogen (secondary N) is 1. The molecule has 1 N–H and O–H groups in total. The fourth-order valence-electron chi connectivity index (χ4n) is 2.78. The highest BCUT2D eigenvalue weighted by Gasteiger charge is 2.29. The van der Waals surface area contributed by atoms with E-state index >= 15 is 0 Å². The Balaban J connectivity index is 1.76. The number of nitro groups is 1. The van der Waals surface area contributed by atoms with Gasteiger partial charge < -0.3 is 20.3 Å². The highest BCUT2D eigenvalue weighted by molar-refractivity contribution is 5.76. The molecule has 1 aromatic heterocycles. The van der Waals surface area contributed by atoms with E-state index in [-0.39, 0.29) is 30.1 Å². The minimum Gasteiger partial charge on any atom is -0.358 e. The third-order valence-corrected chi connectivity index (χ3v) is 3.91. The first-order valence-electron chi connectivity index (χ1n) is 7.48. The Bertz CT molecular complexity index is 763. The summed E-state index contributed by atoms with van der Waals surface area (Å²) in [7, 11) is 0. The maximum Gasteiger partial charge on any atom is 0.389 e. The van der Waals surface area contributed by atoms with Gasteiger partial charge in [0.1, 0.15) is 12.4 Å². The first kappa shape index (κ1) is 16.1. The summed E-state index contributed by atoms with van der Waals surface area (Å²) in [5, 5.41) is 17.6. The predicted molar refractivity (Wildman–Crippen MR) is 82.6 cm³/mol. The number of carbonyl (C=O) groups is 1. The monoisotopic (exact) mass is 333 g/mol. The quantitative estimate of drug-likeness (QED) is 0.668. The molecule has 1 aromatic carbocycles. The molecule has 0 saturated carbocycles. The molecule has 1 atom stereocenters. The van der Waals surface area contributed by atoms with Crippen LogP contribution in [-0.2, 0) is 11.3 Å². The average Bonchev–Trinajstić information content (AvgIpc) is 3.03. The van der Waals surface area contributed by atoms with Crippen molar-refractivity contribution in [3.05, 3.63) is 58.0 Å². The van der Waals surface area contributed by atoms with E-state index in [0.29, 0.717) is 25.2 Å². The standard InChI is InChI=1S/C15H16FN5O3/c16-12-3-1-2-11(8-12)13-9-17-5-7-20(13)15(22)10-19-6-4-14(18-19)21(23)24/h1-4,6,8,13,17H,5,7,9-10H2. The van der Waals surface area contributed by atoms with Gasteiger partial charge in [0.15, 0.2) is 0 Å². The van der Waals surface area contributed by atoms with E-state index in [1.165, 1.54) is 29.1 Å². The van der Waals surface area contributed by atoms with Crippen LogP contribution in [-0.4, -0.2) is 45.1 Å². The molecule has 1 fully saturated rings. The maximum atomic E-state index is 13.5. The Kier molecular flexibility index (Phi) is 4.52. The molecule has 0 aliphatic carbocycles. The number of benzene rings is 1. The summed E-state index contributed by atoms with van der Waals surface area (Å²) in [5.74, 6) is -0.873. The fourth-order valence-corrected chi connectivity index (χ4v) is 2.78. The van der Waals surface area contributed by atoms with Crippen LogP contribution in [0.25, 0.3) is 0 Å². The molecule has 1 saturated heterocycles. The van der Waals surface area contributed by atoms with Crippen LogP contribution in [0.3, 0.4) is 0 Å². The first-order chi connectivity index (χ1) is 11.5. The number of aromatic nitrogens is 2. The number of hydrogen-bond acceptors (Lipinski definition) is 5. The van der Waals surface area contributed by atoms with Gasteiger partial charge in [-0.2, -0.15) is 4.68 Å². The molecule has 9 heteroatoms. The zero-order chi connectivity index (χ0) is 17.1. The largest absolute Gasteiger partial charge is 0.389 e. The summed E-state index contributed by atoms with van der Waals surface area (Å²) in [6.07, 6.45) is 1.40. The van der Waals surface area contributed by atoms with Crippen LogP contribution in [0.4, 0.5) is 10.2 Å². The minimum atomic E-state index is -0.610. The SMILES string of the molecule is O=C(Cn1ccc([N+](=O)[O-])n1)N1CCNCC1c1cccc(F)c1. The van der Waals surface area contributed by atoms with Gasteiger partial charge in [-0.1, -0.05) is 12.1 Å². The molecule has 8 nitrogen and oxygen atoms in total. The third kappa shape index (κ3) is 3.40. The second-order valence-corrected chi connectivity index (χ2v) is 5.49. The van der Waals surface area contributed by atoms with Gasteiger partial charge in [0.05, 0.1) is 23.4 Å². The summed E-state index contributed by atoms with van der Waals surface area (Å²) in [6, 6.07) is 7.12. The zero-order valence-corrected chi connectivity index (χ0v) is 12.8. The lowest BCUT2D eigenvalue weighted by Gasteiger charge is -2.36. The van der Waals surface area contributed by atoms with Gasteiger partial charge in [-0.05, 0) is 22.6 Å². The number of nitrogens with zero attached hydrogens (tertiary/aromatic N) is 4. The number of piperazine rings is 1. The average molecular weight is 333 g/mol. The van der Waals surface area contributed by atoms with Crippen molar-refractivity contribution in [2.75, 3.05) is 19.6 Å². The van der Waals surface area contributed by atoms with Crippen LogP contribution in [0.2, 0.25) is 0 Å². The van der Waals surface area contributed by atoms with Crippen molar-refractivity contribution in [2.24, 2.45) is 0 Å². The Morgan fingerprint density at radius 1 is 1.46 bits per heavy atom. The van der Waals surface area contributed by atoms with E-state index in [1.54, 1.807) is 17.0 Å². The van der Waals surface area contributed by atoms with Crippen LogP contribution in [0, 0.1) is 15.9 Å². The lowest BCUT2D eigenvalue weighted by molar-refractivity contribution is -0.389. The van der Waals surface area contributed by atoms with Gasteiger partial charge in [0.25, 0.3) is 0 Å². The topological polar surface area (TPSA) is 93.3 Å². The summed E-state index contributed by atoms with van der Waals surface area (Å²) in [4.78, 5) is 24.3. The second-order valence-electron chi connectivity index (χ2n) is 5.49. The molecule has 3 rings (SSSR count). The second kappa shape index (κ2) is 6.75. The van der Waals surface area contributed by atoms with Crippen molar-refractivity contribution in [3.8, 4) is 0 Å². The normalized spacial score (nSPS) is 17.7. The van der Waals surface area contributed by atoms with E-state index in [1.807, 2.05) is 0 Å². The number of rotatable bonds is 4. The van der Waals surface area contributed by atoms with E-state index in [0.717, 1.165) is 0 Å². The van der Waals surface area contributed by atoms with E-state index in [2.05, 4.69) is 10.4 Å². The van der Waals surface area contributed by atoms with Crippen LogP contribution < -0.4 is 5.32 Å². The van der Waals surface area contributed by atoms with Crippen molar-refractivity contribution < 1.29 is 14.1 Å². The lowest BCUT2D eigenvalue weighted by atomic mass is 10.0. The molecule has 1 aliphatic rings. The Morgan fingerprint density at radius 2 is 2.29 bits per heavy atom. The van der Waals surface area contributed by atoms with Crippen molar-refractivity contribution in [1.29, 1.82) is 0 Å². The van der Waals surface area contributed by atoms with Crippen molar-refractivity contribution >= 4 is 11.7 Å². The molecule has 126 valence electrons. The van der Waals surface area contributed by atoms with Crippen molar-refractivity contribution in [3.63, 3.8) is 0 Å². The molecular formula is C15H16FN5O3. The summed E-state index contributed by atoms with van der Waals surface area (Å²) < 4.78 is 14.7.